The fourth-order valence-electron chi connectivity index (χ4n) is 2.41. The van der Waals surface area contributed by atoms with Crippen LogP contribution in [0, 0.1) is 5.92 Å². The van der Waals surface area contributed by atoms with Crippen molar-refractivity contribution in [3.8, 4) is 0 Å². The zero-order valence-corrected chi connectivity index (χ0v) is 15.6. The molecule has 4 heteroatoms. The first-order chi connectivity index (χ1) is 10.7. The number of allylic oxidation sites excluding steroid dienone is 7. The molecule has 128 valence electrons. The number of hydrogen-bond donors (Lipinski definition) is 1. The van der Waals surface area contributed by atoms with Gasteiger partial charge in [-0.25, -0.2) is 0 Å². The van der Waals surface area contributed by atoms with E-state index in [-0.39, 0.29) is 24.2 Å². The molecule has 0 radical (unpaired) electrons. The highest BCUT2D eigenvalue weighted by Gasteiger charge is 2.50. The van der Waals surface area contributed by atoms with E-state index < -0.39 is 0 Å². The van der Waals surface area contributed by atoms with Crippen molar-refractivity contribution in [2.75, 3.05) is 0 Å². The normalized spacial score (nSPS) is 27.1. The van der Waals surface area contributed by atoms with Crippen LogP contribution in [0.25, 0.3) is 0 Å². The smallest absolute Gasteiger partial charge is 0.461 e. The minimum Gasteiger partial charge on any atom is -0.508 e. The van der Waals surface area contributed by atoms with Gasteiger partial charge in [-0.15, -0.1) is 0 Å². The van der Waals surface area contributed by atoms with Crippen LogP contribution in [-0.4, -0.2) is 23.4 Å². The highest BCUT2D eigenvalue weighted by molar-refractivity contribution is 6.46. The monoisotopic (exact) mass is 318 g/mol. The van der Waals surface area contributed by atoms with Crippen molar-refractivity contribution in [1.29, 1.82) is 0 Å². The molecule has 23 heavy (non-hydrogen) atoms. The summed E-state index contributed by atoms with van der Waals surface area (Å²) in [6, 6.07) is 0. The lowest BCUT2D eigenvalue weighted by Crippen LogP contribution is -2.41. The van der Waals surface area contributed by atoms with E-state index >= 15 is 0 Å². The summed E-state index contributed by atoms with van der Waals surface area (Å²) >= 11 is 0. The molecule has 2 rings (SSSR count). The molecule has 3 nitrogen and oxygen atoms in total. The van der Waals surface area contributed by atoms with Crippen molar-refractivity contribution < 1.29 is 14.4 Å². The first-order valence-corrected chi connectivity index (χ1v) is 8.53. The van der Waals surface area contributed by atoms with Crippen LogP contribution < -0.4 is 0 Å². The van der Waals surface area contributed by atoms with Crippen LogP contribution in [0.2, 0.25) is 6.32 Å². The zero-order chi connectivity index (χ0) is 17.7. The fraction of sp³-hybridized carbons (Fsp3) is 0.579. The minimum atomic E-state index is -0.308. The summed E-state index contributed by atoms with van der Waals surface area (Å²) in [5.41, 5.74) is 0.317. The Hall–Kier alpha value is -1.26. The first kappa shape index (κ1) is 19.8. The molecular weight excluding hydrogens is 287 g/mol. The average Bonchev–Trinajstić information content (AvgIpc) is 2.69. The van der Waals surface area contributed by atoms with Gasteiger partial charge in [-0.05, 0) is 33.8 Å². The molecule has 1 atom stereocenters. The Bertz CT molecular complexity index is 497. The van der Waals surface area contributed by atoms with Crippen molar-refractivity contribution >= 4 is 7.12 Å². The van der Waals surface area contributed by atoms with Gasteiger partial charge < -0.3 is 14.4 Å². The third kappa shape index (κ3) is 4.86. The van der Waals surface area contributed by atoms with Gasteiger partial charge >= 0.3 is 7.12 Å². The van der Waals surface area contributed by atoms with E-state index in [4.69, 9.17) is 9.31 Å². The highest BCUT2D eigenvalue weighted by Crippen LogP contribution is 2.37. The van der Waals surface area contributed by atoms with Crippen molar-refractivity contribution in [3.63, 3.8) is 0 Å². The van der Waals surface area contributed by atoms with Gasteiger partial charge in [-0.3, -0.25) is 0 Å². The molecule has 1 unspecified atom stereocenters. The van der Waals surface area contributed by atoms with E-state index in [0.717, 1.165) is 5.57 Å². The molecule has 0 amide bonds. The van der Waals surface area contributed by atoms with Gasteiger partial charge in [0.05, 0.1) is 11.2 Å². The largest absolute Gasteiger partial charge is 0.508 e. The standard InChI is InChI=1S/C17H25BO3.C2H6/c1-13-9-6-7-10-14(13)15(19)11-8-12-18-20-16(2,3)17(4,5)21-18;1-2/h6-11,13,19H,12H2,1-5H3;1-2H3/b11-8-,15-14+;. The summed E-state index contributed by atoms with van der Waals surface area (Å²) in [7, 11) is -0.261. The summed E-state index contributed by atoms with van der Waals surface area (Å²) in [5.74, 6) is 0.538. The Morgan fingerprint density at radius 3 is 2.26 bits per heavy atom. The average molecular weight is 318 g/mol. The highest BCUT2D eigenvalue weighted by atomic mass is 16.7. The predicted octanol–water partition coefficient (Wildman–Crippen LogP) is 5.24. The molecule has 0 bridgehead atoms. The maximum Gasteiger partial charge on any atom is 0.461 e. The summed E-state index contributed by atoms with van der Waals surface area (Å²) in [6.07, 6.45) is 12.2. The van der Waals surface area contributed by atoms with Crippen molar-refractivity contribution in [2.45, 2.75) is 66.0 Å². The quantitative estimate of drug-likeness (QED) is 0.571. The van der Waals surface area contributed by atoms with Crippen molar-refractivity contribution in [2.24, 2.45) is 5.92 Å². The van der Waals surface area contributed by atoms with Crippen molar-refractivity contribution in [1.82, 2.24) is 0 Å². The summed E-state index contributed by atoms with van der Waals surface area (Å²) in [5, 5.41) is 10.1. The molecule has 0 aromatic heterocycles. The molecule has 1 N–H and O–H groups in total. The SMILES string of the molecule is CC.CC1C=CC=C/C1=C(O)/C=C\CB1OC(C)(C)C(C)(C)O1. The Morgan fingerprint density at radius 1 is 1.17 bits per heavy atom. The molecule has 0 aromatic rings. The Labute approximate surface area is 141 Å². The number of hydrogen-bond acceptors (Lipinski definition) is 3. The van der Waals surface area contributed by atoms with Crippen LogP contribution in [0.3, 0.4) is 0 Å². The van der Waals surface area contributed by atoms with Crippen molar-refractivity contribution in [3.05, 3.63) is 47.8 Å². The van der Waals surface area contributed by atoms with E-state index in [1.807, 2.05) is 65.8 Å². The Kier molecular flexibility index (Phi) is 6.91. The lowest BCUT2D eigenvalue weighted by molar-refractivity contribution is 0.00578. The van der Waals surface area contributed by atoms with Crippen LogP contribution in [0.15, 0.2) is 47.8 Å². The molecule has 0 aromatic carbocycles. The maximum atomic E-state index is 10.1. The van der Waals surface area contributed by atoms with Gasteiger partial charge in [0, 0.05) is 17.8 Å². The number of rotatable bonds is 3. The maximum absolute atomic E-state index is 10.1. The summed E-state index contributed by atoms with van der Waals surface area (Å²) < 4.78 is 11.8. The summed E-state index contributed by atoms with van der Waals surface area (Å²) in [6.45, 7) is 14.2. The van der Waals surface area contributed by atoms with E-state index in [2.05, 4.69) is 13.0 Å². The molecule has 0 spiro atoms. The van der Waals surface area contributed by atoms with Crippen LogP contribution in [-0.2, 0) is 9.31 Å². The second kappa shape index (κ2) is 8.03. The predicted molar refractivity (Wildman–Crippen MR) is 98.5 cm³/mol. The lowest BCUT2D eigenvalue weighted by atomic mass is 9.84. The molecular formula is C19H31BO3. The second-order valence-electron chi connectivity index (χ2n) is 6.70. The van der Waals surface area contributed by atoms with Gasteiger partial charge in [-0.2, -0.15) is 0 Å². The Morgan fingerprint density at radius 2 is 1.74 bits per heavy atom. The first-order valence-electron chi connectivity index (χ1n) is 8.53. The molecule has 0 saturated carbocycles. The van der Waals surface area contributed by atoms with Gasteiger partial charge in [0.1, 0.15) is 5.76 Å². The molecule has 1 heterocycles. The molecule has 1 saturated heterocycles. The molecule has 1 aliphatic carbocycles. The Balaban J connectivity index is 0.00000127. The second-order valence-corrected chi connectivity index (χ2v) is 6.70. The van der Waals surface area contributed by atoms with Gasteiger partial charge in [0.2, 0.25) is 0 Å². The van der Waals surface area contributed by atoms with Gasteiger partial charge in [0.25, 0.3) is 0 Å². The van der Waals surface area contributed by atoms with E-state index in [1.165, 1.54) is 0 Å². The third-order valence-electron chi connectivity index (χ3n) is 4.48. The summed E-state index contributed by atoms with van der Waals surface area (Å²) in [4.78, 5) is 0. The van der Waals surface area contributed by atoms with Gasteiger partial charge in [-0.1, -0.05) is 51.2 Å². The molecule has 1 fully saturated rings. The van der Waals surface area contributed by atoms with E-state index in [0.29, 0.717) is 12.1 Å². The van der Waals surface area contributed by atoms with Crippen LogP contribution >= 0.6 is 0 Å². The minimum absolute atomic E-state index is 0.233. The molecule has 2 aliphatic rings. The van der Waals surface area contributed by atoms with Gasteiger partial charge in [0.15, 0.2) is 0 Å². The number of aliphatic hydroxyl groups is 1. The number of aliphatic hydroxyl groups excluding tert-OH is 1. The van der Waals surface area contributed by atoms with Crippen LogP contribution in [0.5, 0.6) is 0 Å². The van der Waals surface area contributed by atoms with E-state index in [9.17, 15) is 5.11 Å². The zero-order valence-electron chi connectivity index (χ0n) is 15.6. The fourth-order valence-corrected chi connectivity index (χ4v) is 2.41. The van der Waals surface area contributed by atoms with Crippen LogP contribution in [0.1, 0.15) is 48.5 Å². The van der Waals surface area contributed by atoms with E-state index in [1.54, 1.807) is 6.08 Å². The van der Waals surface area contributed by atoms with Crippen LogP contribution in [0.4, 0.5) is 0 Å². The third-order valence-corrected chi connectivity index (χ3v) is 4.48. The molecule has 1 aliphatic heterocycles. The lowest BCUT2D eigenvalue weighted by Gasteiger charge is -2.32. The topological polar surface area (TPSA) is 38.7 Å².